The predicted octanol–water partition coefficient (Wildman–Crippen LogP) is 3.26. The molecule has 4 rings (SSSR count). The van der Waals surface area contributed by atoms with Crippen molar-refractivity contribution >= 4 is 51.3 Å². The molecule has 1 aliphatic carbocycles. The Balaban J connectivity index is 0.00000225. The standard InChI is InChI=1S/C20H24N4O2S.HI/c21-20(23-18-8-7-16-3-1-4-17(16)13-18)22-14-15-5-9-19(10-6-15)24-11-2-12-27(24,25)26;/h5-10,13H,1-4,11-12,14H2,(H3,21,22,23);1H. The van der Waals surface area contributed by atoms with Gasteiger partial charge in [0.15, 0.2) is 5.96 Å². The molecule has 28 heavy (non-hydrogen) atoms. The van der Waals surface area contributed by atoms with Crippen molar-refractivity contribution in [2.24, 2.45) is 10.7 Å². The van der Waals surface area contributed by atoms with E-state index < -0.39 is 10.0 Å². The molecule has 1 heterocycles. The van der Waals surface area contributed by atoms with Crippen LogP contribution in [0.1, 0.15) is 29.5 Å². The Morgan fingerprint density at radius 1 is 1.07 bits per heavy atom. The van der Waals surface area contributed by atoms with Crippen LogP contribution in [-0.4, -0.2) is 26.7 Å². The van der Waals surface area contributed by atoms with E-state index in [4.69, 9.17) is 5.73 Å². The Hall–Kier alpha value is -1.81. The zero-order chi connectivity index (χ0) is 18.9. The van der Waals surface area contributed by atoms with Crippen molar-refractivity contribution in [1.29, 1.82) is 0 Å². The van der Waals surface area contributed by atoms with Crippen molar-refractivity contribution in [2.45, 2.75) is 32.2 Å². The number of nitrogens with zero attached hydrogens (tertiary/aromatic N) is 2. The highest BCUT2D eigenvalue weighted by molar-refractivity contribution is 14.0. The van der Waals surface area contributed by atoms with Crippen LogP contribution in [0.25, 0.3) is 0 Å². The summed E-state index contributed by atoms with van der Waals surface area (Å²) in [5.74, 6) is 0.600. The molecule has 1 saturated heterocycles. The Morgan fingerprint density at radius 2 is 1.82 bits per heavy atom. The lowest BCUT2D eigenvalue weighted by molar-refractivity contribution is 0.599. The van der Waals surface area contributed by atoms with Gasteiger partial charge in [-0.25, -0.2) is 13.4 Å². The van der Waals surface area contributed by atoms with Crippen LogP contribution in [0.3, 0.4) is 0 Å². The number of aliphatic imine (C=N–C) groups is 1. The molecule has 3 N–H and O–H groups in total. The molecule has 150 valence electrons. The zero-order valence-corrected chi connectivity index (χ0v) is 18.7. The second kappa shape index (κ2) is 8.69. The van der Waals surface area contributed by atoms with Gasteiger partial charge >= 0.3 is 0 Å². The number of nitrogens with two attached hydrogens (primary N) is 1. The number of nitrogens with one attached hydrogen (secondary N) is 1. The summed E-state index contributed by atoms with van der Waals surface area (Å²) in [6.45, 7) is 0.994. The first kappa shape index (κ1) is 20.9. The molecule has 6 nitrogen and oxygen atoms in total. The maximum Gasteiger partial charge on any atom is 0.235 e. The van der Waals surface area contributed by atoms with E-state index >= 15 is 0 Å². The van der Waals surface area contributed by atoms with E-state index in [1.807, 2.05) is 30.3 Å². The molecular formula is C20H25IN4O2S. The zero-order valence-electron chi connectivity index (χ0n) is 15.6. The maximum absolute atomic E-state index is 12.0. The van der Waals surface area contributed by atoms with E-state index in [1.54, 1.807) is 0 Å². The van der Waals surface area contributed by atoms with E-state index in [2.05, 4.69) is 22.4 Å². The summed E-state index contributed by atoms with van der Waals surface area (Å²) in [6, 6.07) is 13.8. The molecule has 0 radical (unpaired) electrons. The number of guanidine groups is 1. The predicted molar refractivity (Wildman–Crippen MR) is 125 cm³/mol. The average molecular weight is 512 g/mol. The van der Waals surface area contributed by atoms with E-state index in [1.165, 1.54) is 21.9 Å². The van der Waals surface area contributed by atoms with Gasteiger partial charge in [-0.15, -0.1) is 24.0 Å². The highest BCUT2D eigenvalue weighted by Crippen LogP contribution is 2.25. The Morgan fingerprint density at radius 3 is 2.54 bits per heavy atom. The fraction of sp³-hybridized carbons (Fsp3) is 0.350. The fourth-order valence-electron chi connectivity index (χ4n) is 3.71. The quantitative estimate of drug-likeness (QED) is 0.374. The third-order valence-corrected chi connectivity index (χ3v) is 7.00. The summed E-state index contributed by atoms with van der Waals surface area (Å²) < 4.78 is 25.4. The Labute approximate surface area is 183 Å². The average Bonchev–Trinajstić information content (AvgIpc) is 3.25. The molecule has 0 atom stereocenters. The number of hydrogen-bond acceptors (Lipinski definition) is 3. The molecule has 2 aromatic rings. The van der Waals surface area contributed by atoms with Gasteiger partial charge in [0.25, 0.3) is 0 Å². The molecule has 0 aromatic heterocycles. The summed E-state index contributed by atoms with van der Waals surface area (Å²) in [5.41, 5.74) is 11.5. The van der Waals surface area contributed by atoms with Crippen LogP contribution < -0.4 is 15.4 Å². The molecule has 0 unspecified atom stereocenters. The lowest BCUT2D eigenvalue weighted by Gasteiger charge is -2.16. The molecule has 1 fully saturated rings. The molecule has 8 heteroatoms. The highest BCUT2D eigenvalue weighted by Gasteiger charge is 2.28. The number of halogens is 1. The van der Waals surface area contributed by atoms with Crippen molar-refractivity contribution in [2.75, 3.05) is 21.9 Å². The van der Waals surface area contributed by atoms with E-state index in [9.17, 15) is 8.42 Å². The van der Waals surface area contributed by atoms with Gasteiger partial charge in [0.2, 0.25) is 10.0 Å². The summed E-state index contributed by atoms with van der Waals surface area (Å²) in [5, 5.41) is 3.15. The molecule has 0 bridgehead atoms. The summed E-state index contributed by atoms with van der Waals surface area (Å²) >= 11 is 0. The van der Waals surface area contributed by atoms with E-state index in [0.717, 1.165) is 24.1 Å². The molecule has 2 aliphatic rings. The molecule has 2 aromatic carbocycles. The van der Waals surface area contributed by atoms with Crippen LogP contribution in [-0.2, 0) is 29.4 Å². The number of rotatable bonds is 4. The third kappa shape index (κ3) is 4.60. The first-order valence-electron chi connectivity index (χ1n) is 9.29. The van der Waals surface area contributed by atoms with Gasteiger partial charge in [-0.3, -0.25) is 4.31 Å². The highest BCUT2D eigenvalue weighted by atomic mass is 127. The Bertz CT molecular complexity index is 974. The normalized spacial score (nSPS) is 17.9. The second-order valence-corrected chi connectivity index (χ2v) is 9.08. The lowest BCUT2D eigenvalue weighted by Crippen LogP contribution is -2.25. The van der Waals surface area contributed by atoms with Gasteiger partial charge < -0.3 is 11.1 Å². The number of fused-ring (bicyclic) bond motifs is 1. The fourth-order valence-corrected chi connectivity index (χ4v) is 5.28. The van der Waals surface area contributed by atoms with Crippen LogP contribution in [0.4, 0.5) is 11.4 Å². The number of anilines is 2. The van der Waals surface area contributed by atoms with Gasteiger partial charge in [0.05, 0.1) is 18.0 Å². The van der Waals surface area contributed by atoms with Crippen LogP contribution in [0.5, 0.6) is 0 Å². The second-order valence-electron chi connectivity index (χ2n) is 7.07. The van der Waals surface area contributed by atoms with Crippen LogP contribution in [0.2, 0.25) is 0 Å². The minimum Gasteiger partial charge on any atom is -0.370 e. The van der Waals surface area contributed by atoms with Gasteiger partial charge in [0.1, 0.15) is 0 Å². The largest absolute Gasteiger partial charge is 0.370 e. The smallest absolute Gasteiger partial charge is 0.235 e. The van der Waals surface area contributed by atoms with E-state index in [-0.39, 0.29) is 29.7 Å². The first-order valence-corrected chi connectivity index (χ1v) is 10.9. The summed E-state index contributed by atoms with van der Waals surface area (Å²) in [6.07, 6.45) is 4.19. The van der Waals surface area contributed by atoms with E-state index in [0.29, 0.717) is 31.2 Å². The first-order chi connectivity index (χ1) is 13.0. The van der Waals surface area contributed by atoms with Crippen molar-refractivity contribution in [3.05, 3.63) is 59.2 Å². The van der Waals surface area contributed by atoms with Crippen LogP contribution >= 0.6 is 24.0 Å². The van der Waals surface area contributed by atoms with Crippen molar-refractivity contribution in [1.82, 2.24) is 0 Å². The minimum atomic E-state index is -3.14. The number of sulfonamides is 1. The minimum absolute atomic E-state index is 0. The topological polar surface area (TPSA) is 87.8 Å². The molecule has 0 spiro atoms. The van der Waals surface area contributed by atoms with Gasteiger partial charge in [-0.2, -0.15) is 0 Å². The van der Waals surface area contributed by atoms with Gasteiger partial charge in [0, 0.05) is 12.2 Å². The molecule has 0 amide bonds. The Kier molecular flexibility index (Phi) is 6.49. The summed E-state index contributed by atoms with van der Waals surface area (Å²) in [7, 11) is -3.14. The third-order valence-electron chi connectivity index (χ3n) is 5.13. The monoisotopic (exact) mass is 512 g/mol. The van der Waals surface area contributed by atoms with Gasteiger partial charge in [-0.05, 0) is 66.6 Å². The van der Waals surface area contributed by atoms with Crippen LogP contribution in [0, 0.1) is 0 Å². The number of aryl methyl sites for hydroxylation is 2. The van der Waals surface area contributed by atoms with Gasteiger partial charge in [-0.1, -0.05) is 18.2 Å². The number of hydrogen-bond donors (Lipinski definition) is 2. The van der Waals surface area contributed by atoms with Crippen molar-refractivity contribution < 1.29 is 8.42 Å². The number of benzene rings is 2. The van der Waals surface area contributed by atoms with Crippen LogP contribution in [0.15, 0.2) is 47.5 Å². The SMILES string of the molecule is I.NC(=NCc1ccc(N2CCCS2(=O)=O)cc1)Nc1ccc2c(c1)CCC2. The molecular weight excluding hydrogens is 487 g/mol. The van der Waals surface area contributed by atoms with Crippen molar-refractivity contribution in [3.8, 4) is 0 Å². The summed E-state index contributed by atoms with van der Waals surface area (Å²) in [4.78, 5) is 4.39. The van der Waals surface area contributed by atoms with Crippen molar-refractivity contribution in [3.63, 3.8) is 0 Å². The maximum atomic E-state index is 12.0. The molecule has 1 aliphatic heterocycles. The lowest BCUT2D eigenvalue weighted by atomic mass is 10.1. The molecule has 0 saturated carbocycles.